The highest BCUT2D eigenvalue weighted by Gasteiger charge is 2.17. The minimum absolute atomic E-state index is 0.0149. The van der Waals surface area contributed by atoms with E-state index in [9.17, 15) is 8.42 Å². The maximum absolute atomic E-state index is 12.6. The highest BCUT2D eigenvalue weighted by molar-refractivity contribution is 7.92. The Balaban J connectivity index is 1.13. The Kier molecular flexibility index (Phi) is 7.58. The standard InChI is InChI=1S/C26H22N10O4S3/c1-39-18-10-16-17(11-19(18)40-2)33-22-21(16)23(31-13-30-22)34-20-12-29-26(42-20)35-25(41)32-14-4-6-15(7-5-14)43(37,38)36-24-27-8-3-9-28-24/h3-13H,1-2H3,(H,27,28,36)(H2,29,32,35,41)(H2,30,31,33,34). The molecular formula is C26H22N10O4S3. The largest absolute Gasteiger partial charge is 0.493 e. The molecule has 0 fully saturated rings. The van der Waals surface area contributed by atoms with Gasteiger partial charge in [-0.05, 0) is 48.6 Å². The van der Waals surface area contributed by atoms with E-state index in [1.54, 1.807) is 38.6 Å². The van der Waals surface area contributed by atoms with Gasteiger partial charge in [0, 0.05) is 29.5 Å². The van der Waals surface area contributed by atoms with E-state index < -0.39 is 10.0 Å². The van der Waals surface area contributed by atoms with Gasteiger partial charge in [0.25, 0.3) is 10.0 Å². The number of fused-ring (bicyclic) bond motifs is 3. The summed E-state index contributed by atoms with van der Waals surface area (Å²) in [5.41, 5.74) is 2.06. The number of nitrogens with zero attached hydrogens (tertiary/aromatic N) is 5. The van der Waals surface area contributed by atoms with Gasteiger partial charge in [0.2, 0.25) is 5.95 Å². The van der Waals surface area contributed by atoms with Crippen LogP contribution < -0.4 is 30.1 Å². The molecule has 6 aromatic rings. The summed E-state index contributed by atoms with van der Waals surface area (Å²) in [4.78, 5) is 24.3. The van der Waals surface area contributed by atoms with Gasteiger partial charge in [0.15, 0.2) is 21.7 Å². The number of methoxy groups -OCH3 is 2. The van der Waals surface area contributed by atoms with Crippen LogP contribution in [0, 0.1) is 0 Å². The summed E-state index contributed by atoms with van der Waals surface area (Å²) in [7, 11) is -0.683. The third-order valence-electron chi connectivity index (χ3n) is 6.08. The topological polar surface area (TPSA) is 181 Å². The summed E-state index contributed by atoms with van der Waals surface area (Å²) in [5, 5.41) is 12.5. The first-order valence-electron chi connectivity index (χ1n) is 12.4. The van der Waals surface area contributed by atoms with E-state index >= 15 is 0 Å². The van der Waals surface area contributed by atoms with E-state index in [0.717, 1.165) is 16.3 Å². The SMILES string of the molecule is COc1cc2[nH]c3ncnc(Nc4cnc(NC(=S)Nc5ccc(S(=O)(=O)Nc6ncccn6)cc5)s4)c3c2cc1OC. The first-order valence-corrected chi connectivity index (χ1v) is 15.1. The van der Waals surface area contributed by atoms with E-state index in [0.29, 0.717) is 38.8 Å². The van der Waals surface area contributed by atoms with Crippen molar-refractivity contribution in [1.29, 1.82) is 0 Å². The molecule has 0 atom stereocenters. The minimum Gasteiger partial charge on any atom is -0.493 e. The van der Waals surface area contributed by atoms with Crippen molar-refractivity contribution in [2.75, 3.05) is 34.9 Å². The van der Waals surface area contributed by atoms with Crippen molar-refractivity contribution in [3.63, 3.8) is 0 Å². The van der Waals surface area contributed by atoms with Crippen molar-refractivity contribution < 1.29 is 17.9 Å². The molecule has 0 spiro atoms. The minimum atomic E-state index is -3.85. The average molecular weight is 635 g/mol. The Morgan fingerprint density at radius 1 is 0.953 bits per heavy atom. The maximum Gasteiger partial charge on any atom is 0.264 e. The third-order valence-corrected chi connectivity index (χ3v) is 8.45. The zero-order valence-electron chi connectivity index (χ0n) is 22.4. The number of ether oxygens (including phenoxy) is 2. The Morgan fingerprint density at radius 3 is 2.44 bits per heavy atom. The van der Waals surface area contributed by atoms with E-state index in [1.807, 2.05) is 12.1 Å². The van der Waals surface area contributed by atoms with E-state index in [-0.39, 0.29) is 16.0 Å². The molecule has 17 heteroatoms. The predicted molar refractivity (Wildman–Crippen MR) is 169 cm³/mol. The Morgan fingerprint density at radius 2 is 1.70 bits per heavy atom. The highest BCUT2D eigenvalue weighted by Crippen LogP contribution is 2.38. The monoisotopic (exact) mass is 634 g/mol. The molecule has 14 nitrogen and oxygen atoms in total. The highest BCUT2D eigenvalue weighted by atomic mass is 32.2. The van der Waals surface area contributed by atoms with E-state index in [4.69, 9.17) is 21.7 Å². The van der Waals surface area contributed by atoms with Gasteiger partial charge in [0.05, 0.1) is 36.2 Å². The zero-order valence-corrected chi connectivity index (χ0v) is 24.9. The van der Waals surface area contributed by atoms with E-state index in [1.165, 1.54) is 42.2 Å². The molecule has 0 saturated heterocycles. The van der Waals surface area contributed by atoms with Gasteiger partial charge in [-0.25, -0.2) is 38.1 Å². The number of H-pyrrole nitrogens is 1. The van der Waals surface area contributed by atoms with Gasteiger partial charge in [-0.2, -0.15) is 0 Å². The quantitative estimate of drug-likeness (QED) is 0.138. The van der Waals surface area contributed by atoms with Crippen LogP contribution in [0.25, 0.3) is 21.9 Å². The number of sulfonamides is 1. The lowest BCUT2D eigenvalue weighted by molar-refractivity contribution is 0.356. The first kappa shape index (κ1) is 28.0. The molecule has 4 aromatic heterocycles. The lowest BCUT2D eigenvalue weighted by Gasteiger charge is -2.10. The zero-order chi connectivity index (χ0) is 30.0. The number of benzene rings is 2. The molecule has 6 rings (SSSR count). The average Bonchev–Trinajstić information content (AvgIpc) is 3.60. The summed E-state index contributed by atoms with van der Waals surface area (Å²) in [6.07, 6.45) is 6.02. The number of rotatable bonds is 9. The number of hydrogen-bond donors (Lipinski definition) is 5. The molecule has 218 valence electrons. The molecule has 0 amide bonds. The van der Waals surface area contributed by atoms with Crippen LogP contribution >= 0.6 is 23.6 Å². The molecule has 2 aromatic carbocycles. The number of thiocarbonyl (C=S) groups is 1. The fourth-order valence-electron chi connectivity index (χ4n) is 4.16. The Labute approximate surface area is 254 Å². The fourth-order valence-corrected chi connectivity index (χ4v) is 6.12. The molecule has 0 bridgehead atoms. The van der Waals surface area contributed by atoms with Crippen LogP contribution in [-0.2, 0) is 10.0 Å². The van der Waals surface area contributed by atoms with Crippen LogP contribution in [0.1, 0.15) is 0 Å². The van der Waals surface area contributed by atoms with Crippen molar-refractivity contribution >= 4 is 88.2 Å². The van der Waals surface area contributed by atoms with Gasteiger partial charge >= 0.3 is 0 Å². The lowest BCUT2D eigenvalue weighted by atomic mass is 10.2. The van der Waals surface area contributed by atoms with Gasteiger partial charge < -0.3 is 30.4 Å². The van der Waals surface area contributed by atoms with Crippen LogP contribution in [0.3, 0.4) is 0 Å². The summed E-state index contributed by atoms with van der Waals surface area (Å²) in [6, 6.07) is 11.4. The smallest absolute Gasteiger partial charge is 0.264 e. The maximum atomic E-state index is 12.6. The molecule has 0 saturated carbocycles. The van der Waals surface area contributed by atoms with Crippen molar-refractivity contribution in [2.24, 2.45) is 0 Å². The Hall–Kier alpha value is -5.13. The van der Waals surface area contributed by atoms with Crippen LogP contribution in [0.4, 0.5) is 27.6 Å². The summed E-state index contributed by atoms with van der Waals surface area (Å²) < 4.78 is 38.4. The van der Waals surface area contributed by atoms with Crippen molar-refractivity contribution in [1.82, 2.24) is 29.9 Å². The fraction of sp³-hybridized carbons (Fsp3) is 0.0769. The second kappa shape index (κ2) is 11.6. The number of thiazole rings is 1. The van der Waals surface area contributed by atoms with Crippen molar-refractivity contribution in [3.05, 3.63) is 67.4 Å². The molecule has 0 radical (unpaired) electrons. The molecule has 5 N–H and O–H groups in total. The molecule has 0 aliphatic rings. The summed E-state index contributed by atoms with van der Waals surface area (Å²) in [5.74, 6) is 1.76. The number of aromatic nitrogens is 6. The normalized spacial score (nSPS) is 11.3. The molecular weight excluding hydrogens is 613 g/mol. The second-order valence-corrected chi connectivity index (χ2v) is 11.9. The summed E-state index contributed by atoms with van der Waals surface area (Å²) in [6.45, 7) is 0. The number of aromatic amines is 1. The predicted octanol–water partition coefficient (Wildman–Crippen LogP) is 4.73. The van der Waals surface area contributed by atoms with Crippen LogP contribution in [0.2, 0.25) is 0 Å². The summed E-state index contributed by atoms with van der Waals surface area (Å²) >= 11 is 6.76. The molecule has 43 heavy (non-hydrogen) atoms. The van der Waals surface area contributed by atoms with E-state index in [2.05, 4.69) is 50.6 Å². The third kappa shape index (κ3) is 5.94. The number of hydrogen-bond acceptors (Lipinski definition) is 12. The molecule has 0 aliphatic carbocycles. The Bertz CT molecular complexity index is 2050. The van der Waals surface area contributed by atoms with Crippen molar-refractivity contribution in [3.8, 4) is 11.5 Å². The first-order chi connectivity index (χ1) is 20.8. The van der Waals surface area contributed by atoms with Gasteiger partial charge in [-0.3, -0.25) is 0 Å². The second-order valence-electron chi connectivity index (χ2n) is 8.76. The van der Waals surface area contributed by atoms with Gasteiger partial charge in [0.1, 0.15) is 22.8 Å². The van der Waals surface area contributed by atoms with Crippen LogP contribution in [-0.4, -0.2) is 57.7 Å². The van der Waals surface area contributed by atoms with Crippen molar-refractivity contribution in [2.45, 2.75) is 4.90 Å². The number of nitrogens with one attached hydrogen (secondary N) is 5. The number of anilines is 5. The molecule has 4 heterocycles. The molecule has 0 unspecified atom stereocenters. The lowest BCUT2D eigenvalue weighted by Crippen LogP contribution is -2.19. The van der Waals surface area contributed by atoms with Crippen LogP contribution in [0.15, 0.2) is 72.3 Å². The molecule has 0 aliphatic heterocycles. The van der Waals surface area contributed by atoms with Crippen LogP contribution in [0.5, 0.6) is 11.5 Å². The van der Waals surface area contributed by atoms with Gasteiger partial charge in [-0.15, -0.1) is 0 Å². The van der Waals surface area contributed by atoms with Gasteiger partial charge in [-0.1, -0.05) is 11.3 Å².